The molecule has 3 rings (SSSR count). The molecule has 1 aliphatic rings. The molecule has 2 heterocycles. The molecule has 2 aromatic rings. The summed E-state index contributed by atoms with van der Waals surface area (Å²) >= 11 is 4.96. The monoisotopic (exact) mass is 405 g/mol. The molecule has 0 saturated heterocycles. The number of nitrogens with zero attached hydrogens (tertiary/aromatic N) is 2. The maximum Gasteiger partial charge on any atom is 0.267 e. The Kier molecular flexibility index (Phi) is 5.11. The molecule has 0 fully saturated rings. The van der Waals surface area contributed by atoms with Crippen molar-refractivity contribution in [1.82, 2.24) is 5.32 Å². The van der Waals surface area contributed by atoms with E-state index in [1.165, 1.54) is 6.92 Å². The Morgan fingerprint density at radius 2 is 2.12 bits per heavy atom. The average molecular weight is 406 g/mol. The first kappa shape index (κ1) is 16.9. The summed E-state index contributed by atoms with van der Waals surface area (Å²) < 4.78 is 1.00. The minimum absolute atomic E-state index is 0.00686. The van der Waals surface area contributed by atoms with E-state index >= 15 is 0 Å². The van der Waals surface area contributed by atoms with Gasteiger partial charge in [0.2, 0.25) is 0 Å². The standard InChI is InChI=1S/C17H16BrN3O2S/c1-11(22)16-8-15(20-21(16)13-5-3-2-4-6-13)17(23)19-9-14-7-12(18)10-24-14/h2-7,10,16H,8-9H2,1H3,(H,19,23). The van der Waals surface area contributed by atoms with E-state index in [1.54, 1.807) is 16.3 Å². The Labute approximate surface area is 152 Å². The van der Waals surface area contributed by atoms with E-state index in [0.29, 0.717) is 18.7 Å². The number of nitrogens with one attached hydrogen (secondary N) is 1. The van der Waals surface area contributed by atoms with Gasteiger partial charge in [-0.05, 0) is 41.1 Å². The SMILES string of the molecule is CC(=O)C1CC(C(=O)NCc2cc(Br)cs2)=NN1c1ccccc1. The number of hydrogen-bond acceptors (Lipinski definition) is 5. The van der Waals surface area contributed by atoms with E-state index in [0.717, 1.165) is 15.0 Å². The topological polar surface area (TPSA) is 61.8 Å². The number of ketones is 1. The molecule has 24 heavy (non-hydrogen) atoms. The third kappa shape index (κ3) is 3.73. The third-order valence-corrected chi connectivity index (χ3v) is 5.41. The lowest BCUT2D eigenvalue weighted by Crippen LogP contribution is -2.34. The molecule has 1 aromatic carbocycles. The molecule has 7 heteroatoms. The summed E-state index contributed by atoms with van der Waals surface area (Å²) in [5.74, 6) is -0.239. The summed E-state index contributed by atoms with van der Waals surface area (Å²) in [6.45, 7) is 1.98. The van der Waals surface area contributed by atoms with Crippen LogP contribution in [0.3, 0.4) is 0 Å². The maximum atomic E-state index is 12.4. The molecule has 0 aliphatic carbocycles. The molecule has 1 N–H and O–H groups in total. The van der Waals surface area contributed by atoms with Crippen molar-refractivity contribution in [2.24, 2.45) is 5.10 Å². The fourth-order valence-electron chi connectivity index (χ4n) is 2.50. The average Bonchev–Trinajstić information content (AvgIpc) is 3.20. The van der Waals surface area contributed by atoms with Crippen LogP contribution in [-0.4, -0.2) is 23.4 Å². The molecule has 1 amide bonds. The summed E-state index contributed by atoms with van der Waals surface area (Å²) in [5, 5.41) is 10.9. The first-order valence-corrected chi connectivity index (χ1v) is 9.15. The first-order valence-electron chi connectivity index (χ1n) is 7.48. The van der Waals surface area contributed by atoms with Gasteiger partial charge >= 0.3 is 0 Å². The molecule has 0 radical (unpaired) electrons. The number of carbonyl (C=O) groups excluding carboxylic acids is 2. The van der Waals surface area contributed by atoms with Gasteiger partial charge in [0.1, 0.15) is 11.8 Å². The number of thiophene rings is 1. The second kappa shape index (κ2) is 7.27. The molecule has 1 aromatic heterocycles. The van der Waals surface area contributed by atoms with E-state index in [-0.39, 0.29) is 11.7 Å². The zero-order valence-corrected chi connectivity index (χ0v) is 15.4. The second-order valence-corrected chi connectivity index (χ2v) is 7.38. The molecule has 5 nitrogen and oxygen atoms in total. The van der Waals surface area contributed by atoms with Crippen molar-refractivity contribution in [3.05, 3.63) is 51.1 Å². The van der Waals surface area contributed by atoms with Gasteiger partial charge in [-0.1, -0.05) is 18.2 Å². The number of para-hydroxylation sites is 1. The zero-order chi connectivity index (χ0) is 17.1. The number of amides is 1. The van der Waals surface area contributed by atoms with Crippen molar-refractivity contribution in [1.29, 1.82) is 0 Å². The van der Waals surface area contributed by atoms with Gasteiger partial charge in [0.25, 0.3) is 5.91 Å². The predicted molar refractivity (Wildman–Crippen MR) is 99.3 cm³/mol. The highest BCUT2D eigenvalue weighted by molar-refractivity contribution is 9.10. The molecule has 0 spiro atoms. The molecule has 1 unspecified atom stereocenters. The van der Waals surface area contributed by atoms with Gasteiger partial charge in [0.05, 0.1) is 12.2 Å². The second-order valence-electron chi connectivity index (χ2n) is 5.47. The van der Waals surface area contributed by atoms with E-state index in [2.05, 4.69) is 26.3 Å². The maximum absolute atomic E-state index is 12.4. The van der Waals surface area contributed by atoms with Crippen LogP contribution in [0.2, 0.25) is 0 Å². The van der Waals surface area contributed by atoms with Gasteiger partial charge in [-0.15, -0.1) is 11.3 Å². The van der Waals surface area contributed by atoms with Gasteiger partial charge < -0.3 is 5.32 Å². The predicted octanol–water partition coefficient (Wildman–Crippen LogP) is 3.35. The van der Waals surface area contributed by atoms with E-state index in [1.807, 2.05) is 41.8 Å². The first-order chi connectivity index (χ1) is 11.5. The van der Waals surface area contributed by atoms with Crippen LogP contribution in [-0.2, 0) is 16.1 Å². The number of rotatable bonds is 5. The van der Waals surface area contributed by atoms with Gasteiger partial charge in [-0.3, -0.25) is 14.6 Å². The van der Waals surface area contributed by atoms with Crippen LogP contribution in [0.1, 0.15) is 18.2 Å². The number of hydrazone groups is 1. The summed E-state index contributed by atoms with van der Waals surface area (Å²) in [6.07, 6.45) is 0.324. The Bertz CT molecular complexity index is 788. The molecule has 1 atom stereocenters. The lowest BCUT2D eigenvalue weighted by atomic mass is 10.1. The lowest BCUT2D eigenvalue weighted by Gasteiger charge is -2.20. The Morgan fingerprint density at radius 1 is 1.38 bits per heavy atom. The molecule has 1 aliphatic heterocycles. The Balaban J connectivity index is 1.72. The van der Waals surface area contributed by atoms with Crippen molar-refractivity contribution in [3.8, 4) is 0 Å². The zero-order valence-electron chi connectivity index (χ0n) is 13.0. The van der Waals surface area contributed by atoms with Crippen molar-refractivity contribution in [2.45, 2.75) is 25.9 Å². The van der Waals surface area contributed by atoms with Crippen LogP contribution in [0, 0.1) is 0 Å². The summed E-state index contributed by atoms with van der Waals surface area (Å²) in [6, 6.07) is 11.0. The third-order valence-electron chi connectivity index (χ3n) is 3.71. The van der Waals surface area contributed by atoms with Gasteiger partial charge in [-0.2, -0.15) is 5.10 Å². The number of anilines is 1. The highest BCUT2D eigenvalue weighted by atomic mass is 79.9. The largest absolute Gasteiger partial charge is 0.346 e. The van der Waals surface area contributed by atoms with Crippen LogP contribution in [0.5, 0.6) is 0 Å². The van der Waals surface area contributed by atoms with Crippen molar-refractivity contribution < 1.29 is 9.59 Å². The lowest BCUT2D eigenvalue weighted by molar-refractivity contribution is -0.118. The van der Waals surface area contributed by atoms with E-state index < -0.39 is 6.04 Å². The van der Waals surface area contributed by atoms with Crippen LogP contribution in [0.4, 0.5) is 5.69 Å². The number of benzene rings is 1. The van der Waals surface area contributed by atoms with Gasteiger partial charge in [0, 0.05) is 21.2 Å². The van der Waals surface area contributed by atoms with Crippen LogP contribution in [0.15, 0.2) is 51.4 Å². The van der Waals surface area contributed by atoms with Crippen molar-refractivity contribution in [3.63, 3.8) is 0 Å². The minimum atomic E-state index is -0.427. The smallest absolute Gasteiger partial charge is 0.267 e. The number of carbonyl (C=O) groups is 2. The van der Waals surface area contributed by atoms with E-state index in [9.17, 15) is 9.59 Å². The van der Waals surface area contributed by atoms with E-state index in [4.69, 9.17) is 0 Å². The van der Waals surface area contributed by atoms with Crippen molar-refractivity contribution in [2.75, 3.05) is 5.01 Å². The highest BCUT2D eigenvalue weighted by Crippen LogP contribution is 2.25. The number of Topliss-reactive ketones (excluding diaryl/α,β-unsaturated/α-hetero) is 1. The Morgan fingerprint density at radius 3 is 2.75 bits per heavy atom. The minimum Gasteiger partial charge on any atom is -0.346 e. The number of hydrogen-bond donors (Lipinski definition) is 1. The molecule has 0 bridgehead atoms. The normalized spacial score (nSPS) is 16.8. The molecule has 124 valence electrons. The fourth-order valence-corrected chi connectivity index (χ4v) is 3.89. The van der Waals surface area contributed by atoms with Crippen LogP contribution >= 0.6 is 27.3 Å². The molecular formula is C17H16BrN3O2S. The fraction of sp³-hybridized carbons (Fsp3) is 0.235. The van der Waals surface area contributed by atoms with Crippen LogP contribution < -0.4 is 10.3 Å². The highest BCUT2D eigenvalue weighted by Gasteiger charge is 2.33. The number of halogens is 1. The molecular weight excluding hydrogens is 390 g/mol. The van der Waals surface area contributed by atoms with Crippen molar-refractivity contribution >= 4 is 50.4 Å². The van der Waals surface area contributed by atoms with Gasteiger partial charge in [0.15, 0.2) is 5.78 Å². The van der Waals surface area contributed by atoms with Crippen LogP contribution in [0.25, 0.3) is 0 Å². The Hall–Kier alpha value is -1.99. The summed E-state index contributed by atoms with van der Waals surface area (Å²) in [7, 11) is 0. The quantitative estimate of drug-likeness (QED) is 0.829. The summed E-state index contributed by atoms with van der Waals surface area (Å²) in [4.78, 5) is 25.4. The summed E-state index contributed by atoms with van der Waals surface area (Å²) in [5.41, 5.74) is 1.19. The molecule has 0 saturated carbocycles. The van der Waals surface area contributed by atoms with Gasteiger partial charge in [-0.25, -0.2) is 0 Å².